The van der Waals surface area contributed by atoms with Crippen LogP contribution in [-0.2, 0) is 0 Å². The molecule has 20 heavy (non-hydrogen) atoms. The van der Waals surface area contributed by atoms with Gasteiger partial charge in [-0.25, -0.2) is 4.79 Å². The van der Waals surface area contributed by atoms with E-state index >= 15 is 0 Å². The van der Waals surface area contributed by atoms with Crippen molar-refractivity contribution < 1.29 is 4.79 Å². The van der Waals surface area contributed by atoms with Crippen molar-refractivity contribution in [3.8, 4) is 11.8 Å². The second-order valence-electron chi connectivity index (χ2n) is 5.01. The van der Waals surface area contributed by atoms with E-state index in [4.69, 9.17) is 5.73 Å². The van der Waals surface area contributed by atoms with Crippen molar-refractivity contribution in [2.24, 2.45) is 5.73 Å². The summed E-state index contributed by atoms with van der Waals surface area (Å²) in [5.41, 5.74) is 8.18. The van der Waals surface area contributed by atoms with Gasteiger partial charge in [0.15, 0.2) is 0 Å². The number of urea groups is 1. The van der Waals surface area contributed by atoms with Gasteiger partial charge in [-0.05, 0) is 49.9 Å². The Morgan fingerprint density at radius 2 is 2.10 bits per heavy atom. The molecule has 0 unspecified atom stereocenters. The number of aryl methyl sites for hydroxylation is 1. The third-order valence-electron chi connectivity index (χ3n) is 3.45. The molecular weight excluding hydrogens is 250 g/mol. The molecule has 2 rings (SSSR count). The standard InChI is InChI=1S/C16H21N3O/c1-13-12-15(8-7-14(13)6-5-9-17)18-16(20)19-10-3-2-4-11-19/h7-8,12H,2-4,9-11,17H2,1H3,(H,18,20). The minimum atomic E-state index is -0.00936. The van der Waals surface area contributed by atoms with Crippen LogP contribution in [0, 0.1) is 18.8 Å². The van der Waals surface area contributed by atoms with Crippen LogP contribution in [0.4, 0.5) is 10.5 Å². The van der Waals surface area contributed by atoms with Crippen molar-refractivity contribution in [1.82, 2.24) is 4.90 Å². The Labute approximate surface area is 120 Å². The Bertz CT molecular complexity index is 536. The number of rotatable bonds is 1. The van der Waals surface area contributed by atoms with E-state index in [-0.39, 0.29) is 6.03 Å². The normalized spacial score (nSPS) is 14.4. The summed E-state index contributed by atoms with van der Waals surface area (Å²) < 4.78 is 0. The smallest absolute Gasteiger partial charge is 0.321 e. The van der Waals surface area contributed by atoms with Crippen LogP contribution < -0.4 is 11.1 Å². The van der Waals surface area contributed by atoms with Crippen molar-refractivity contribution >= 4 is 11.7 Å². The second kappa shape index (κ2) is 6.97. The largest absolute Gasteiger partial charge is 0.325 e. The van der Waals surface area contributed by atoms with Gasteiger partial charge in [0, 0.05) is 24.3 Å². The van der Waals surface area contributed by atoms with Crippen LogP contribution in [0.25, 0.3) is 0 Å². The van der Waals surface area contributed by atoms with Crippen molar-refractivity contribution in [2.45, 2.75) is 26.2 Å². The lowest BCUT2D eigenvalue weighted by molar-refractivity contribution is 0.200. The van der Waals surface area contributed by atoms with Crippen LogP contribution in [0.2, 0.25) is 0 Å². The first-order valence-corrected chi connectivity index (χ1v) is 7.06. The number of carbonyl (C=O) groups excluding carboxylic acids is 1. The molecule has 1 heterocycles. The lowest BCUT2D eigenvalue weighted by Gasteiger charge is -2.26. The predicted octanol–water partition coefficient (Wildman–Crippen LogP) is 2.32. The number of likely N-dealkylation sites (tertiary alicyclic amines) is 1. The number of nitrogens with two attached hydrogens (primary N) is 1. The molecule has 1 fully saturated rings. The van der Waals surface area contributed by atoms with E-state index in [1.54, 1.807) is 0 Å². The molecule has 0 aromatic heterocycles. The molecule has 4 nitrogen and oxygen atoms in total. The molecule has 0 saturated carbocycles. The Morgan fingerprint density at radius 1 is 1.35 bits per heavy atom. The summed E-state index contributed by atoms with van der Waals surface area (Å²) >= 11 is 0. The fourth-order valence-corrected chi connectivity index (χ4v) is 2.33. The third kappa shape index (κ3) is 3.75. The predicted molar refractivity (Wildman–Crippen MR) is 81.6 cm³/mol. The summed E-state index contributed by atoms with van der Waals surface area (Å²) in [5.74, 6) is 5.86. The topological polar surface area (TPSA) is 58.4 Å². The molecule has 106 valence electrons. The van der Waals surface area contributed by atoms with Crippen molar-refractivity contribution in [2.75, 3.05) is 25.0 Å². The van der Waals surface area contributed by atoms with Gasteiger partial charge in [0.25, 0.3) is 0 Å². The van der Waals surface area contributed by atoms with E-state index in [2.05, 4.69) is 17.2 Å². The second-order valence-corrected chi connectivity index (χ2v) is 5.01. The summed E-state index contributed by atoms with van der Waals surface area (Å²) in [5, 5.41) is 2.95. The zero-order chi connectivity index (χ0) is 14.4. The van der Waals surface area contributed by atoms with E-state index in [9.17, 15) is 4.79 Å². The fraction of sp³-hybridized carbons (Fsp3) is 0.438. The molecule has 1 aliphatic heterocycles. The molecule has 1 saturated heterocycles. The highest BCUT2D eigenvalue weighted by Gasteiger charge is 2.16. The summed E-state index contributed by atoms with van der Waals surface area (Å²) in [4.78, 5) is 14.0. The first-order chi connectivity index (χ1) is 9.70. The third-order valence-corrected chi connectivity index (χ3v) is 3.45. The molecule has 1 aromatic rings. The van der Waals surface area contributed by atoms with Gasteiger partial charge in [-0.3, -0.25) is 0 Å². The summed E-state index contributed by atoms with van der Waals surface area (Å²) in [6.07, 6.45) is 3.41. The summed E-state index contributed by atoms with van der Waals surface area (Å²) in [7, 11) is 0. The zero-order valence-electron chi connectivity index (χ0n) is 11.9. The molecule has 0 atom stereocenters. The number of nitrogens with one attached hydrogen (secondary N) is 1. The molecule has 1 aromatic carbocycles. The van der Waals surface area contributed by atoms with Gasteiger partial charge >= 0.3 is 6.03 Å². The van der Waals surface area contributed by atoms with Crippen LogP contribution in [0.1, 0.15) is 30.4 Å². The lowest BCUT2D eigenvalue weighted by atomic mass is 10.1. The first kappa shape index (κ1) is 14.4. The number of carbonyl (C=O) groups is 1. The summed E-state index contributed by atoms with van der Waals surface area (Å²) in [6.45, 7) is 4.04. The number of nitrogens with zero attached hydrogens (tertiary/aromatic N) is 1. The Hall–Kier alpha value is -1.99. The highest BCUT2D eigenvalue weighted by atomic mass is 16.2. The Balaban J connectivity index is 2.02. The average molecular weight is 271 g/mol. The molecule has 0 spiro atoms. The number of piperidine rings is 1. The highest BCUT2D eigenvalue weighted by molar-refractivity contribution is 5.89. The van der Waals surface area contributed by atoms with Gasteiger partial charge in [0.1, 0.15) is 0 Å². The van der Waals surface area contributed by atoms with E-state index in [1.807, 2.05) is 30.0 Å². The monoisotopic (exact) mass is 271 g/mol. The minimum absolute atomic E-state index is 0.00936. The number of amides is 2. The van der Waals surface area contributed by atoms with Gasteiger partial charge in [0.2, 0.25) is 0 Å². The molecule has 2 amide bonds. The van der Waals surface area contributed by atoms with Gasteiger partial charge in [-0.2, -0.15) is 0 Å². The molecule has 0 radical (unpaired) electrons. The van der Waals surface area contributed by atoms with Crippen LogP contribution in [0.15, 0.2) is 18.2 Å². The van der Waals surface area contributed by atoms with Crippen LogP contribution >= 0.6 is 0 Å². The molecule has 4 heteroatoms. The highest BCUT2D eigenvalue weighted by Crippen LogP contribution is 2.16. The van der Waals surface area contributed by atoms with Gasteiger partial charge in [0.05, 0.1) is 6.54 Å². The van der Waals surface area contributed by atoms with E-state index in [0.717, 1.165) is 42.7 Å². The average Bonchev–Trinajstić information content (AvgIpc) is 2.47. The van der Waals surface area contributed by atoms with Crippen LogP contribution in [-0.4, -0.2) is 30.6 Å². The SMILES string of the molecule is Cc1cc(NC(=O)N2CCCCC2)ccc1C#CCN. The van der Waals surface area contributed by atoms with Crippen molar-refractivity contribution in [3.63, 3.8) is 0 Å². The maximum absolute atomic E-state index is 12.1. The lowest BCUT2D eigenvalue weighted by Crippen LogP contribution is -2.38. The van der Waals surface area contributed by atoms with Crippen molar-refractivity contribution in [1.29, 1.82) is 0 Å². The minimum Gasteiger partial charge on any atom is -0.325 e. The number of hydrogen-bond donors (Lipinski definition) is 2. The Kier molecular flexibility index (Phi) is 5.03. The number of anilines is 1. The quantitative estimate of drug-likeness (QED) is 0.770. The molecular formula is C16H21N3O. The number of benzene rings is 1. The van der Waals surface area contributed by atoms with E-state index in [1.165, 1.54) is 6.42 Å². The molecule has 0 aliphatic carbocycles. The van der Waals surface area contributed by atoms with E-state index in [0.29, 0.717) is 6.54 Å². The summed E-state index contributed by atoms with van der Waals surface area (Å²) in [6, 6.07) is 5.74. The maximum atomic E-state index is 12.1. The van der Waals surface area contributed by atoms with Gasteiger partial charge < -0.3 is 16.0 Å². The fourth-order valence-electron chi connectivity index (χ4n) is 2.33. The molecule has 3 N–H and O–H groups in total. The first-order valence-electron chi connectivity index (χ1n) is 7.06. The number of hydrogen-bond acceptors (Lipinski definition) is 2. The van der Waals surface area contributed by atoms with Crippen LogP contribution in [0.3, 0.4) is 0 Å². The van der Waals surface area contributed by atoms with E-state index < -0.39 is 0 Å². The van der Waals surface area contributed by atoms with Crippen LogP contribution in [0.5, 0.6) is 0 Å². The Morgan fingerprint density at radius 3 is 2.75 bits per heavy atom. The molecule has 0 bridgehead atoms. The van der Waals surface area contributed by atoms with Gasteiger partial charge in [-0.15, -0.1) is 0 Å². The van der Waals surface area contributed by atoms with Gasteiger partial charge in [-0.1, -0.05) is 11.8 Å². The molecule has 1 aliphatic rings. The zero-order valence-corrected chi connectivity index (χ0v) is 11.9. The van der Waals surface area contributed by atoms with Crippen molar-refractivity contribution in [3.05, 3.63) is 29.3 Å². The maximum Gasteiger partial charge on any atom is 0.321 e.